The Morgan fingerprint density at radius 2 is 0.711 bits per heavy atom. The Morgan fingerprint density at radius 3 is 0.956 bits per heavy atom. The van der Waals surface area contributed by atoms with E-state index in [1.54, 1.807) is 0 Å². The fraction of sp³-hybridized carbons (Fsp3) is 0.951. The molecule has 45 heavy (non-hydrogen) atoms. The summed E-state index contributed by atoms with van der Waals surface area (Å²) in [5.74, 6) is 5.74. The molecular weight excluding hydrogens is 556 g/mol. The molecule has 0 unspecified atom stereocenters. The first-order chi connectivity index (χ1) is 21.8. The van der Waals surface area contributed by atoms with Gasteiger partial charge < -0.3 is 9.47 Å². The lowest BCUT2D eigenvalue weighted by molar-refractivity contribution is -0.218. The molecule has 10 aliphatic carbocycles. The average Bonchev–Trinajstić information content (AvgIpc) is 3.53. The summed E-state index contributed by atoms with van der Waals surface area (Å²) in [6.07, 6.45) is 29.0. The van der Waals surface area contributed by atoms with Crippen LogP contribution in [-0.4, -0.2) is 23.1 Å². The highest BCUT2D eigenvalue weighted by molar-refractivity contribution is 5.70. The third-order valence-corrected chi connectivity index (χ3v) is 14.3. The van der Waals surface area contributed by atoms with E-state index in [4.69, 9.17) is 9.47 Å². The van der Waals surface area contributed by atoms with Crippen molar-refractivity contribution in [2.24, 2.45) is 46.3 Å². The number of ether oxygens (including phenoxy) is 2. The van der Waals surface area contributed by atoms with Gasteiger partial charge in [-0.2, -0.15) is 0 Å². The lowest BCUT2D eigenvalue weighted by atomic mass is 9.44. The van der Waals surface area contributed by atoms with Gasteiger partial charge in [-0.05, 0) is 164 Å². The highest BCUT2D eigenvalue weighted by Gasteiger charge is 2.63. The highest BCUT2D eigenvalue weighted by atomic mass is 16.6. The summed E-state index contributed by atoms with van der Waals surface area (Å²) in [6, 6.07) is 0. The summed E-state index contributed by atoms with van der Waals surface area (Å²) in [5.41, 5.74) is 0.556. The second-order valence-corrected chi connectivity index (χ2v) is 16.8. The standard InChI is InChI=1S/C19H30O2.C18H28O2.2C2H6/c1-2-17(20)21-19(6-4-3-5-7-19)18-11-14-8-15(12-18)10-16(9-14)13-18;1-2-16(19)20-18(5-3-4-6-18)17-10-13-7-14(11-17)9-15(8-13)12-17;2*1-2/h14-16H,2-13H2,1H3;13-15H,2-12H2,1H3;2*1-2H3. The maximum Gasteiger partial charge on any atom is 0.306 e. The minimum Gasteiger partial charge on any atom is -0.458 e. The molecule has 258 valence electrons. The Hall–Kier alpha value is -1.06. The second-order valence-electron chi connectivity index (χ2n) is 16.8. The predicted octanol–water partition coefficient (Wildman–Crippen LogP) is 11.4. The zero-order valence-electron chi connectivity index (χ0n) is 30.4. The van der Waals surface area contributed by atoms with E-state index in [9.17, 15) is 9.59 Å². The van der Waals surface area contributed by atoms with E-state index in [0.29, 0.717) is 23.7 Å². The molecular formula is C41H70O4. The largest absolute Gasteiger partial charge is 0.458 e. The van der Waals surface area contributed by atoms with Crippen molar-refractivity contribution in [2.75, 3.05) is 0 Å². The molecule has 10 saturated carbocycles. The monoisotopic (exact) mass is 627 g/mol. The SMILES string of the molecule is CC.CC.CCC(=O)OC1(C23CC4CC(CC(C4)C2)C3)CCCC1.CCC(=O)OC1(C23CC4CC(CC(C4)C2)C3)CCCCC1. The minimum absolute atomic E-state index is 0.0441. The van der Waals surface area contributed by atoms with E-state index in [0.717, 1.165) is 61.2 Å². The zero-order chi connectivity index (χ0) is 32.3. The van der Waals surface area contributed by atoms with E-state index >= 15 is 0 Å². The second kappa shape index (κ2) is 14.6. The van der Waals surface area contributed by atoms with Gasteiger partial charge in [0.05, 0.1) is 0 Å². The maximum atomic E-state index is 12.2. The van der Waals surface area contributed by atoms with Crippen molar-refractivity contribution in [3.63, 3.8) is 0 Å². The van der Waals surface area contributed by atoms with Gasteiger partial charge in [-0.3, -0.25) is 9.59 Å². The van der Waals surface area contributed by atoms with Crippen LogP contribution in [0.5, 0.6) is 0 Å². The number of hydrogen-bond donors (Lipinski definition) is 0. The molecule has 10 rings (SSSR count). The van der Waals surface area contributed by atoms with E-state index in [-0.39, 0.29) is 23.1 Å². The van der Waals surface area contributed by atoms with Crippen LogP contribution in [0.25, 0.3) is 0 Å². The molecule has 10 fully saturated rings. The van der Waals surface area contributed by atoms with E-state index < -0.39 is 0 Å². The van der Waals surface area contributed by atoms with E-state index in [1.165, 1.54) is 109 Å². The summed E-state index contributed by atoms with van der Waals surface area (Å²) in [7, 11) is 0. The third kappa shape index (κ3) is 6.66. The molecule has 0 amide bonds. The molecule has 0 atom stereocenters. The van der Waals surface area contributed by atoms with Crippen LogP contribution in [0.3, 0.4) is 0 Å². The molecule has 0 saturated heterocycles. The molecule has 0 radical (unpaired) electrons. The summed E-state index contributed by atoms with van der Waals surface area (Å²) in [5, 5.41) is 0. The smallest absolute Gasteiger partial charge is 0.306 e. The molecule has 4 nitrogen and oxygen atoms in total. The van der Waals surface area contributed by atoms with Crippen molar-refractivity contribution in [1.82, 2.24) is 0 Å². The van der Waals surface area contributed by atoms with Crippen molar-refractivity contribution in [1.29, 1.82) is 0 Å². The number of rotatable bonds is 6. The van der Waals surface area contributed by atoms with E-state index in [1.807, 2.05) is 41.5 Å². The van der Waals surface area contributed by atoms with Crippen LogP contribution < -0.4 is 0 Å². The summed E-state index contributed by atoms with van der Waals surface area (Å²) in [6.45, 7) is 11.9. The van der Waals surface area contributed by atoms with Crippen molar-refractivity contribution in [2.45, 2.75) is 200 Å². The van der Waals surface area contributed by atoms with Crippen molar-refractivity contribution in [3.05, 3.63) is 0 Å². The van der Waals surface area contributed by atoms with Crippen molar-refractivity contribution < 1.29 is 19.1 Å². The molecule has 0 heterocycles. The number of esters is 2. The van der Waals surface area contributed by atoms with E-state index in [2.05, 4.69) is 0 Å². The van der Waals surface area contributed by atoms with Gasteiger partial charge in [-0.15, -0.1) is 0 Å². The highest BCUT2D eigenvalue weighted by Crippen LogP contribution is 2.68. The van der Waals surface area contributed by atoms with Crippen LogP contribution >= 0.6 is 0 Å². The number of carbonyl (C=O) groups is 2. The Kier molecular flexibility index (Phi) is 11.4. The fourth-order valence-corrected chi connectivity index (χ4v) is 13.5. The summed E-state index contributed by atoms with van der Waals surface area (Å²) in [4.78, 5) is 24.2. The van der Waals surface area contributed by atoms with Crippen LogP contribution in [0.15, 0.2) is 0 Å². The Morgan fingerprint density at radius 1 is 0.467 bits per heavy atom. The molecule has 0 spiro atoms. The third-order valence-electron chi connectivity index (χ3n) is 14.3. The molecule has 0 aromatic rings. The fourth-order valence-electron chi connectivity index (χ4n) is 13.5. The predicted molar refractivity (Wildman–Crippen MR) is 184 cm³/mol. The molecule has 0 aliphatic heterocycles. The Bertz CT molecular complexity index is 913. The zero-order valence-corrected chi connectivity index (χ0v) is 30.4. The molecule has 0 aromatic carbocycles. The number of carbonyl (C=O) groups excluding carboxylic acids is 2. The summed E-state index contributed by atoms with van der Waals surface area (Å²) < 4.78 is 12.5. The van der Waals surface area contributed by atoms with Crippen LogP contribution in [0.1, 0.15) is 189 Å². The lowest BCUT2D eigenvalue weighted by Crippen LogP contribution is -2.60. The van der Waals surface area contributed by atoms with Crippen molar-refractivity contribution >= 4 is 11.9 Å². The average molecular weight is 627 g/mol. The quantitative estimate of drug-likeness (QED) is 0.275. The van der Waals surface area contributed by atoms with Crippen LogP contribution in [0.2, 0.25) is 0 Å². The minimum atomic E-state index is -0.0889. The molecule has 0 N–H and O–H groups in total. The van der Waals surface area contributed by atoms with Gasteiger partial charge in [0, 0.05) is 23.7 Å². The molecule has 0 aromatic heterocycles. The normalized spacial score (nSPS) is 40.6. The first-order valence-corrected chi connectivity index (χ1v) is 20.2. The maximum absolute atomic E-state index is 12.2. The topological polar surface area (TPSA) is 52.6 Å². The lowest BCUT2D eigenvalue weighted by Gasteiger charge is -2.63. The van der Waals surface area contributed by atoms with Crippen molar-refractivity contribution in [3.8, 4) is 0 Å². The van der Waals surface area contributed by atoms with Gasteiger partial charge in [0.25, 0.3) is 0 Å². The molecule has 10 aliphatic rings. The molecule has 8 bridgehead atoms. The van der Waals surface area contributed by atoms with Crippen LogP contribution in [-0.2, 0) is 19.1 Å². The summed E-state index contributed by atoms with van der Waals surface area (Å²) >= 11 is 0. The van der Waals surface area contributed by atoms with Crippen LogP contribution in [0.4, 0.5) is 0 Å². The van der Waals surface area contributed by atoms with Gasteiger partial charge in [-0.25, -0.2) is 0 Å². The van der Waals surface area contributed by atoms with Crippen LogP contribution in [0, 0.1) is 46.3 Å². The van der Waals surface area contributed by atoms with Gasteiger partial charge in [0.1, 0.15) is 11.2 Å². The first kappa shape index (κ1) is 35.3. The first-order valence-electron chi connectivity index (χ1n) is 20.2. The Balaban J connectivity index is 0.000000161. The Labute approximate surface area is 277 Å². The molecule has 4 heteroatoms. The van der Waals surface area contributed by atoms with Gasteiger partial charge in [-0.1, -0.05) is 48.0 Å². The van der Waals surface area contributed by atoms with Gasteiger partial charge in [0.2, 0.25) is 0 Å². The number of hydrogen-bond acceptors (Lipinski definition) is 4. The van der Waals surface area contributed by atoms with Gasteiger partial charge >= 0.3 is 11.9 Å². The van der Waals surface area contributed by atoms with Gasteiger partial charge in [0.15, 0.2) is 0 Å².